The summed E-state index contributed by atoms with van der Waals surface area (Å²) < 4.78 is 10.7. The van der Waals surface area contributed by atoms with Crippen molar-refractivity contribution in [3.8, 4) is 11.6 Å². The van der Waals surface area contributed by atoms with Crippen molar-refractivity contribution in [3.63, 3.8) is 0 Å². The van der Waals surface area contributed by atoms with Crippen LogP contribution < -0.4 is 16.0 Å². The number of ether oxygens (including phenoxy) is 2. The summed E-state index contributed by atoms with van der Waals surface area (Å²) in [6.45, 7) is 0. The average Bonchev–Trinajstić information content (AvgIpc) is 2.79. The second-order valence-electron chi connectivity index (χ2n) is 3.46. The molecule has 0 aromatic carbocycles. The Morgan fingerprint density at radius 2 is 2.21 bits per heavy atom. The fourth-order valence-corrected chi connectivity index (χ4v) is 1.48. The molecule has 0 atom stereocenters. The molecule has 19 heavy (non-hydrogen) atoms. The van der Waals surface area contributed by atoms with E-state index in [0.717, 1.165) is 0 Å². The molecular weight excluding hydrogens is 254 g/mol. The Balaban J connectivity index is 2.58. The van der Waals surface area contributed by atoms with Crippen LogP contribution >= 0.6 is 0 Å². The Morgan fingerprint density at radius 1 is 1.47 bits per heavy atom. The van der Waals surface area contributed by atoms with E-state index in [9.17, 15) is 9.59 Å². The van der Waals surface area contributed by atoms with Gasteiger partial charge in [0.1, 0.15) is 0 Å². The Hall–Kier alpha value is -2.84. The summed E-state index contributed by atoms with van der Waals surface area (Å²) in [4.78, 5) is 29.2. The van der Waals surface area contributed by atoms with E-state index in [1.165, 1.54) is 31.4 Å². The quantitative estimate of drug-likeness (QED) is 0.705. The molecule has 0 saturated carbocycles. The normalized spacial score (nSPS) is 10.2. The van der Waals surface area contributed by atoms with E-state index in [1.807, 2.05) is 0 Å². The Labute approximate surface area is 107 Å². The highest BCUT2D eigenvalue weighted by Crippen LogP contribution is 2.18. The molecule has 0 amide bonds. The van der Waals surface area contributed by atoms with Crippen LogP contribution in [-0.4, -0.2) is 39.9 Å². The zero-order valence-corrected chi connectivity index (χ0v) is 10.2. The van der Waals surface area contributed by atoms with Gasteiger partial charge in [0.25, 0.3) is 5.56 Å². The molecule has 2 aromatic rings. The monoisotopic (exact) mass is 265 g/mol. The molecule has 0 bridgehead atoms. The number of rotatable bonds is 3. The van der Waals surface area contributed by atoms with Crippen molar-refractivity contribution < 1.29 is 14.3 Å². The number of nitrogen functional groups attached to an aromatic ring is 1. The van der Waals surface area contributed by atoms with Gasteiger partial charge in [0.05, 0.1) is 32.4 Å². The molecule has 2 aromatic heterocycles. The standard InChI is InChI=1S/C10H11N5O4/c1-18-7-8(12-4-13-9(7)16)15-3-5(11)6(14-15)10(17)19-2/h3-4H,11H2,1-2H3,(H,12,13,16). The fraction of sp³-hybridized carbons (Fsp3) is 0.200. The van der Waals surface area contributed by atoms with E-state index in [4.69, 9.17) is 10.5 Å². The summed E-state index contributed by atoms with van der Waals surface area (Å²) in [5.41, 5.74) is 5.22. The van der Waals surface area contributed by atoms with Gasteiger partial charge in [-0.2, -0.15) is 5.10 Å². The molecule has 0 fully saturated rings. The van der Waals surface area contributed by atoms with Gasteiger partial charge in [0.2, 0.25) is 11.6 Å². The van der Waals surface area contributed by atoms with Gasteiger partial charge in [-0.15, -0.1) is 0 Å². The Bertz CT molecular complexity index is 675. The van der Waals surface area contributed by atoms with Crippen LogP contribution in [0.5, 0.6) is 5.75 Å². The van der Waals surface area contributed by atoms with Crippen LogP contribution in [0.2, 0.25) is 0 Å². The molecule has 9 nitrogen and oxygen atoms in total. The third-order valence-electron chi connectivity index (χ3n) is 2.33. The lowest BCUT2D eigenvalue weighted by atomic mass is 10.4. The van der Waals surface area contributed by atoms with Gasteiger partial charge in [-0.1, -0.05) is 0 Å². The van der Waals surface area contributed by atoms with Gasteiger partial charge in [-0.25, -0.2) is 14.5 Å². The highest BCUT2D eigenvalue weighted by atomic mass is 16.5. The minimum Gasteiger partial charge on any atom is -0.488 e. The molecule has 100 valence electrons. The number of nitrogens with two attached hydrogens (primary N) is 1. The predicted molar refractivity (Wildman–Crippen MR) is 64.3 cm³/mol. The van der Waals surface area contributed by atoms with Gasteiger partial charge >= 0.3 is 5.97 Å². The molecule has 9 heteroatoms. The van der Waals surface area contributed by atoms with E-state index in [-0.39, 0.29) is 22.9 Å². The average molecular weight is 265 g/mol. The number of anilines is 1. The molecule has 0 aliphatic carbocycles. The lowest BCUT2D eigenvalue weighted by Crippen LogP contribution is -2.15. The number of aromatic nitrogens is 4. The smallest absolute Gasteiger partial charge is 0.360 e. The zero-order valence-electron chi connectivity index (χ0n) is 10.2. The largest absolute Gasteiger partial charge is 0.488 e. The topological polar surface area (TPSA) is 125 Å². The second kappa shape index (κ2) is 4.80. The number of carbonyl (C=O) groups excluding carboxylic acids is 1. The summed E-state index contributed by atoms with van der Waals surface area (Å²) in [5.74, 6) is -0.602. The summed E-state index contributed by atoms with van der Waals surface area (Å²) in [6, 6.07) is 0. The van der Waals surface area contributed by atoms with Crippen LogP contribution in [-0.2, 0) is 4.74 Å². The van der Waals surface area contributed by atoms with Crippen LogP contribution in [0.15, 0.2) is 17.3 Å². The van der Waals surface area contributed by atoms with Crippen molar-refractivity contribution >= 4 is 11.7 Å². The van der Waals surface area contributed by atoms with Gasteiger partial charge in [0.15, 0.2) is 5.69 Å². The molecule has 2 heterocycles. The molecule has 0 unspecified atom stereocenters. The number of carbonyl (C=O) groups is 1. The maximum atomic E-state index is 11.5. The first-order valence-corrected chi connectivity index (χ1v) is 5.14. The maximum Gasteiger partial charge on any atom is 0.360 e. The van der Waals surface area contributed by atoms with Crippen LogP contribution in [0.3, 0.4) is 0 Å². The molecular formula is C10H11N5O4. The van der Waals surface area contributed by atoms with Crippen LogP contribution in [0.4, 0.5) is 5.69 Å². The van der Waals surface area contributed by atoms with E-state index < -0.39 is 11.5 Å². The third-order valence-corrected chi connectivity index (χ3v) is 2.33. The molecule has 0 spiro atoms. The van der Waals surface area contributed by atoms with E-state index in [0.29, 0.717) is 0 Å². The minimum absolute atomic E-state index is 0.0404. The first kappa shape index (κ1) is 12.6. The van der Waals surface area contributed by atoms with Crippen molar-refractivity contribution in [2.24, 2.45) is 0 Å². The molecule has 0 saturated heterocycles. The molecule has 0 radical (unpaired) electrons. The van der Waals surface area contributed by atoms with Crippen molar-refractivity contribution in [1.82, 2.24) is 19.7 Å². The molecule has 2 rings (SSSR count). The molecule has 0 aliphatic heterocycles. The SMILES string of the molecule is COC(=O)c1nn(-c2nc[nH]c(=O)c2OC)cc1N. The second-order valence-corrected chi connectivity index (χ2v) is 3.46. The fourth-order valence-electron chi connectivity index (χ4n) is 1.48. The molecule has 0 aliphatic rings. The lowest BCUT2D eigenvalue weighted by molar-refractivity contribution is 0.0594. The van der Waals surface area contributed by atoms with Gasteiger partial charge in [-0.3, -0.25) is 4.79 Å². The van der Waals surface area contributed by atoms with E-state index >= 15 is 0 Å². The first-order chi connectivity index (χ1) is 9.08. The number of hydrogen-bond donors (Lipinski definition) is 2. The number of nitrogens with one attached hydrogen (secondary N) is 1. The Kier molecular flexibility index (Phi) is 3.19. The van der Waals surface area contributed by atoms with Crippen molar-refractivity contribution in [2.45, 2.75) is 0 Å². The number of hydrogen-bond acceptors (Lipinski definition) is 7. The van der Waals surface area contributed by atoms with Crippen molar-refractivity contribution in [3.05, 3.63) is 28.6 Å². The minimum atomic E-state index is -0.681. The third kappa shape index (κ3) is 2.12. The highest BCUT2D eigenvalue weighted by molar-refractivity contribution is 5.92. The van der Waals surface area contributed by atoms with Gasteiger partial charge < -0.3 is 20.2 Å². The van der Waals surface area contributed by atoms with Gasteiger partial charge in [0, 0.05) is 0 Å². The lowest BCUT2D eigenvalue weighted by Gasteiger charge is -2.04. The van der Waals surface area contributed by atoms with Crippen molar-refractivity contribution in [2.75, 3.05) is 20.0 Å². The summed E-state index contributed by atoms with van der Waals surface area (Å²) in [5, 5.41) is 3.92. The molecule has 3 N–H and O–H groups in total. The summed E-state index contributed by atoms with van der Waals surface area (Å²) in [7, 11) is 2.54. The number of nitrogens with zero attached hydrogens (tertiary/aromatic N) is 3. The van der Waals surface area contributed by atoms with Gasteiger partial charge in [-0.05, 0) is 0 Å². The number of esters is 1. The van der Waals surface area contributed by atoms with E-state index in [2.05, 4.69) is 19.8 Å². The zero-order chi connectivity index (χ0) is 14.0. The predicted octanol–water partition coefficient (Wildman–Crippen LogP) is -0.667. The summed E-state index contributed by atoms with van der Waals surface area (Å²) in [6.07, 6.45) is 2.53. The first-order valence-electron chi connectivity index (χ1n) is 5.14. The van der Waals surface area contributed by atoms with Crippen molar-refractivity contribution in [1.29, 1.82) is 0 Å². The highest BCUT2D eigenvalue weighted by Gasteiger charge is 2.19. The number of methoxy groups -OCH3 is 2. The van der Waals surface area contributed by atoms with Crippen LogP contribution in [0.1, 0.15) is 10.5 Å². The Morgan fingerprint density at radius 3 is 2.84 bits per heavy atom. The maximum absolute atomic E-state index is 11.5. The number of aromatic amines is 1. The van der Waals surface area contributed by atoms with E-state index in [1.54, 1.807) is 0 Å². The van der Waals surface area contributed by atoms with Crippen LogP contribution in [0, 0.1) is 0 Å². The van der Waals surface area contributed by atoms with Crippen LogP contribution in [0.25, 0.3) is 5.82 Å². The number of H-pyrrole nitrogens is 1. The summed E-state index contributed by atoms with van der Waals surface area (Å²) >= 11 is 0.